The minimum absolute atomic E-state index is 0.702. The van der Waals surface area contributed by atoms with E-state index in [-0.39, 0.29) is 0 Å². The van der Waals surface area contributed by atoms with Gasteiger partial charge in [0.2, 0.25) is 0 Å². The number of anilines is 1. The molecule has 0 saturated heterocycles. The summed E-state index contributed by atoms with van der Waals surface area (Å²) < 4.78 is 5.42. The molecule has 4 rings (SSSR count). The molecule has 0 radical (unpaired) electrons. The van der Waals surface area contributed by atoms with Gasteiger partial charge in [-0.25, -0.2) is 4.98 Å². The van der Waals surface area contributed by atoms with Crippen LogP contribution in [-0.2, 0) is 0 Å². The van der Waals surface area contributed by atoms with Crippen molar-refractivity contribution in [2.45, 2.75) is 12.8 Å². The zero-order valence-electron chi connectivity index (χ0n) is 15.3. The van der Waals surface area contributed by atoms with E-state index in [2.05, 4.69) is 17.3 Å². The maximum atomic E-state index is 6.18. The molecule has 1 aliphatic carbocycles. The van der Waals surface area contributed by atoms with Crippen molar-refractivity contribution in [2.24, 2.45) is 5.92 Å². The highest BCUT2D eigenvalue weighted by Gasteiger charge is 2.22. The molecule has 1 heterocycles. The summed E-state index contributed by atoms with van der Waals surface area (Å²) in [5.41, 5.74) is 2.94. The lowest BCUT2D eigenvalue weighted by molar-refractivity contribution is 0.332. The van der Waals surface area contributed by atoms with Crippen LogP contribution >= 0.6 is 11.6 Å². The molecule has 26 heavy (non-hydrogen) atoms. The molecule has 0 spiro atoms. The number of pyridine rings is 1. The Morgan fingerprint density at radius 1 is 1.15 bits per heavy atom. The molecule has 0 aliphatic heterocycles. The van der Waals surface area contributed by atoms with Gasteiger partial charge in [-0.2, -0.15) is 0 Å². The average molecular weight is 370 g/mol. The van der Waals surface area contributed by atoms with Gasteiger partial charge in [0.05, 0.1) is 23.8 Å². The lowest BCUT2D eigenvalue weighted by Crippen LogP contribution is -2.27. The number of benzene rings is 2. The Kier molecular flexibility index (Phi) is 4.88. The summed E-state index contributed by atoms with van der Waals surface area (Å²) in [7, 11) is 3.89. The van der Waals surface area contributed by atoms with Gasteiger partial charge in [-0.05, 0) is 62.2 Å². The molecule has 1 aliphatic rings. The molecule has 136 valence electrons. The van der Waals surface area contributed by atoms with E-state index in [1.54, 1.807) is 7.11 Å². The van der Waals surface area contributed by atoms with Gasteiger partial charge in [-0.1, -0.05) is 11.6 Å². The fourth-order valence-electron chi connectivity index (χ4n) is 3.42. The van der Waals surface area contributed by atoms with Crippen molar-refractivity contribution < 1.29 is 4.74 Å². The number of ether oxygens (including phenoxy) is 1. The fourth-order valence-corrected chi connectivity index (χ4v) is 3.58. The maximum Gasteiger partial charge on any atom is 0.119 e. The Balaban J connectivity index is 1.67. The molecule has 5 heteroatoms. The second-order valence-corrected chi connectivity index (χ2v) is 7.60. The predicted molar refractivity (Wildman–Crippen MR) is 110 cm³/mol. The molecule has 0 atom stereocenters. The van der Waals surface area contributed by atoms with Gasteiger partial charge >= 0.3 is 0 Å². The van der Waals surface area contributed by atoms with Crippen molar-refractivity contribution >= 4 is 39.1 Å². The highest BCUT2D eigenvalue weighted by atomic mass is 35.5. The SMILES string of the molecule is COc1ccc2nc3cc(Cl)ccc3c(NCCN(C)CC3CC3)c2c1. The Labute approximate surface area is 159 Å². The summed E-state index contributed by atoms with van der Waals surface area (Å²) >= 11 is 6.18. The van der Waals surface area contributed by atoms with Gasteiger partial charge in [0.25, 0.3) is 0 Å². The zero-order valence-corrected chi connectivity index (χ0v) is 16.0. The number of halogens is 1. The molecule has 0 unspecified atom stereocenters. The van der Waals surface area contributed by atoms with E-state index in [9.17, 15) is 0 Å². The number of likely N-dealkylation sites (N-methyl/N-ethyl adjacent to an activating group) is 1. The molecule has 3 aromatic rings. The molecule has 1 fully saturated rings. The Hall–Kier alpha value is -2.04. The van der Waals surface area contributed by atoms with Crippen molar-refractivity contribution in [2.75, 3.05) is 39.1 Å². The van der Waals surface area contributed by atoms with Crippen molar-refractivity contribution in [3.05, 3.63) is 41.4 Å². The van der Waals surface area contributed by atoms with Crippen LogP contribution in [0.5, 0.6) is 5.75 Å². The number of hydrogen-bond acceptors (Lipinski definition) is 4. The number of nitrogens with zero attached hydrogens (tertiary/aromatic N) is 2. The Morgan fingerprint density at radius 3 is 2.77 bits per heavy atom. The number of hydrogen-bond donors (Lipinski definition) is 1. The number of nitrogens with one attached hydrogen (secondary N) is 1. The van der Waals surface area contributed by atoms with Crippen molar-refractivity contribution in [3.8, 4) is 5.75 Å². The first kappa shape index (κ1) is 17.4. The Morgan fingerprint density at radius 2 is 2.00 bits per heavy atom. The normalized spacial score (nSPS) is 14.3. The fraction of sp³-hybridized carbons (Fsp3) is 0.381. The van der Waals surface area contributed by atoms with Crippen molar-refractivity contribution in [1.82, 2.24) is 9.88 Å². The largest absolute Gasteiger partial charge is 0.497 e. The van der Waals surface area contributed by atoms with Crippen LogP contribution in [0.2, 0.25) is 5.02 Å². The monoisotopic (exact) mass is 369 g/mol. The average Bonchev–Trinajstić information content (AvgIpc) is 3.44. The summed E-state index contributed by atoms with van der Waals surface area (Å²) in [6, 6.07) is 11.9. The van der Waals surface area contributed by atoms with Crippen molar-refractivity contribution in [3.63, 3.8) is 0 Å². The third kappa shape index (κ3) is 3.71. The lowest BCUT2D eigenvalue weighted by atomic mass is 10.1. The molecule has 1 aromatic heterocycles. The molecular formula is C21H24ClN3O. The second kappa shape index (κ2) is 7.29. The van der Waals surface area contributed by atoms with Gasteiger partial charge in [0.15, 0.2) is 0 Å². The summed E-state index contributed by atoms with van der Waals surface area (Å²) in [6.45, 7) is 3.10. The minimum atomic E-state index is 0.702. The number of methoxy groups -OCH3 is 1. The first-order chi connectivity index (χ1) is 12.6. The highest BCUT2D eigenvalue weighted by Crippen LogP contribution is 2.34. The number of aromatic nitrogens is 1. The molecule has 0 bridgehead atoms. The topological polar surface area (TPSA) is 37.4 Å². The van der Waals surface area contributed by atoms with E-state index in [1.807, 2.05) is 36.4 Å². The summed E-state index contributed by atoms with van der Waals surface area (Å²) in [5.74, 6) is 1.75. The van der Waals surface area contributed by atoms with Crippen LogP contribution in [-0.4, -0.2) is 43.7 Å². The van der Waals surface area contributed by atoms with E-state index in [0.29, 0.717) is 5.02 Å². The van der Waals surface area contributed by atoms with Gasteiger partial charge < -0.3 is 15.0 Å². The van der Waals surface area contributed by atoms with E-state index < -0.39 is 0 Å². The number of rotatable bonds is 7. The van der Waals surface area contributed by atoms with Crippen molar-refractivity contribution in [1.29, 1.82) is 0 Å². The highest BCUT2D eigenvalue weighted by molar-refractivity contribution is 6.31. The number of fused-ring (bicyclic) bond motifs is 2. The van der Waals surface area contributed by atoms with Crippen LogP contribution in [0.3, 0.4) is 0 Å². The quantitative estimate of drug-likeness (QED) is 0.607. The molecule has 2 aromatic carbocycles. The van der Waals surface area contributed by atoms with Gasteiger partial charge in [0, 0.05) is 35.4 Å². The summed E-state index contributed by atoms with van der Waals surface area (Å²) in [5, 5.41) is 6.50. The molecule has 1 N–H and O–H groups in total. The van der Waals surface area contributed by atoms with Crippen LogP contribution in [0.1, 0.15) is 12.8 Å². The lowest BCUT2D eigenvalue weighted by Gasteiger charge is -2.19. The van der Waals surface area contributed by atoms with Crippen LogP contribution in [0.15, 0.2) is 36.4 Å². The van der Waals surface area contributed by atoms with Crippen LogP contribution in [0.4, 0.5) is 5.69 Å². The van der Waals surface area contributed by atoms with Crippen LogP contribution in [0, 0.1) is 5.92 Å². The summed E-state index contributed by atoms with van der Waals surface area (Å²) in [6.07, 6.45) is 2.77. The Bertz CT molecular complexity index is 939. The van der Waals surface area contributed by atoms with Gasteiger partial charge in [-0.15, -0.1) is 0 Å². The third-order valence-electron chi connectivity index (χ3n) is 5.01. The van der Waals surface area contributed by atoms with E-state index in [1.165, 1.54) is 19.4 Å². The third-order valence-corrected chi connectivity index (χ3v) is 5.24. The standard InChI is InChI=1S/C21H24ClN3O/c1-25(13-14-3-4-14)10-9-23-21-17-7-5-15(22)11-20(17)24-19-8-6-16(26-2)12-18(19)21/h5-8,11-12,14H,3-4,9-10,13H2,1-2H3,(H,23,24). The maximum absolute atomic E-state index is 6.18. The molecule has 1 saturated carbocycles. The minimum Gasteiger partial charge on any atom is -0.497 e. The van der Waals surface area contributed by atoms with Gasteiger partial charge in [0.1, 0.15) is 5.75 Å². The van der Waals surface area contributed by atoms with Crippen LogP contribution in [0.25, 0.3) is 21.8 Å². The van der Waals surface area contributed by atoms with Crippen LogP contribution < -0.4 is 10.1 Å². The second-order valence-electron chi connectivity index (χ2n) is 7.16. The van der Waals surface area contributed by atoms with E-state index >= 15 is 0 Å². The molecular weight excluding hydrogens is 346 g/mol. The summed E-state index contributed by atoms with van der Waals surface area (Å²) in [4.78, 5) is 7.19. The first-order valence-corrected chi connectivity index (χ1v) is 9.51. The van der Waals surface area contributed by atoms with E-state index in [0.717, 1.165) is 52.3 Å². The van der Waals surface area contributed by atoms with Gasteiger partial charge in [-0.3, -0.25) is 0 Å². The molecule has 0 amide bonds. The molecule has 4 nitrogen and oxygen atoms in total. The zero-order chi connectivity index (χ0) is 18.1. The smallest absolute Gasteiger partial charge is 0.119 e. The van der Waals surface area contributed by atoms with E-state index in [4.69, 9.17) is 21.3 Å². The first-order valence-electron chi connectivity index (χ1n) is 9.13. The predicted octanol–water partition coefficient (Wildman–Crippen LogP) is 4.80.